The van der Waals surface area contributed by atoms with E-state index < -0.39 is 16.0 Å². The van der Waals surface area contributed by atoms with Crippen LogP contribution in [-0.2, 0) is 15.6 Å². The van der Waals surface area contributed by atoms with E-state index in [2.05, 4.69) is 5.32 Å². The molecule has 1 amide bonds. The van der Waals surface area contributed by atoms with Crippen molar-refractivity contribution in [2.24, 2.45) is 0 Å². The Kier molecular flexibility index (Phi) is 4.58. The molecule has 2 unspecified atom stereocenters. The first-order valence-corrected chi connectivity index (χ1v) is 7.91. The summed E-state index contributed by atoms with van der Waals surface area (Å²) in [5.74, 6) is -0.198. The number of benzene rings is 1. The predicted octanol–water partition coefficient (Wildman–Crippen LogP) is 2.29. The van der Waals surface area contributed by atoms with Gasteiger partial charge in [-0.25, -0.2) is 0 Å². The van der Waals surface area contributed by atoms with E-state index in [0.717, 1.165) is 25.7 Å². The van der Waals surface area contributed by atoms with Crippen LogP contribution >= 0.6 is 0 Å². The number of carbonyl (C=O) groups excluding carboxylic acids is 1. The van der Waals surface area contributed by atoms with E-state index in [9.17, 15) is 9.00 Å². The minimum Gasteiger partial charge on any atom is -0.399 e. The van der Waals surface area contributed by atoms with Crippen molar-refractivity contribution in [2.45, 2.75) is 43.1 Å². The monoisotopic (exact) mass is 280 g/mol. The Morgan fingerprint density at radius 3 is 2.74 bits per heavy atom. The third-order valence-electron chi connectivity index (χ3n) is 3.50. The zero-order valence-corrected chi connectivity index (χ0v) is 11.9. The lowest BCUT2D eigenvalue weighted by atomic mass is 10.3. The molecule has 0 spiro atoms. The Morgan fingerprint density at radius 1 is 1.42 bits per heavy atom. The van der Waals surface area contributed by atoms with Gasteiger partial charge in [0.25, 0.3) is 0 Å². The van der Waals surface area contributed by atoms with Crippen molar-refractivity contribution in [3.05, 3.63) is 24.3 Å². The topological polar surface area (TPSA) is 72.2 Å². The Morgan fingerprint density at radius 2 is 2.11 bits per heavy atom. The lowest BCUT2D eigenvalue weighted by Crippen LogP contribution is -2.33. The van der Waals surface area contributed by atoms with E-state index >= 15 is 0 Å². The fourth-order valence-corrected chi connectivity index (χ4v) is 4.02. The second kappa shape index (κ2) is 6.19. The van der Waals surface area contributed by atoms with Crippen LogP contribution in [0.5, 0.6) is 0 Å². The summed E-state index contributed by atoms with van der Waals surface area (Å²) in [6.45, 7) is 1.73. The smallest absolute Gasteiger partial charge is 0.239 e. The zero-order chi connectivity index (χ0) is 13.8. The van der Waals surface area contributed by atoms with Crippen molar-refractivity contribution in [3.63, 3.8) is 0 Å². The summed E-state index contributed by atoms with van der Waals surface area (Å²) in [5, 5.41) is 2.48. The molecule has 19 heavy (non-hydrogen) atoms. The van der Waals surface area contributed by atoms with Crippen molar-refractivity contribution >= 4 is 28.1 Å². The molecule has 0 aliphatic heterocycles. The number of hydrogen-bond acceptors (Lipinski definition) is 3. The van der Waals surface area contributed by atoms with Gasteiger partial charge < -0.3 is 11.1 Å². The highest BCUT2D eigenvalue weighted by Crippen LogP contribution is 2.25. The van der Waals surface area contributed by atoms with E-state index in [1.54, 1.807) is 31.2 Å². The highest BCUT2D eigenvalue weighted by Gasteiger charge is 2.29. The summed E-state index contributed by atoms with van der Waals surface area (Å²) < 4.78 is 12.3. The summed E-state index contributed by atoms with van der Waals surface area (Å²) in [6, 6.07) is 7.02. The molecule has 0 radical (unpaired) electrons. The van der Waals surface area contributed by atoms with E-state index in [0.29, 0.717) is 11.4 Å². The van der Waals surface area contributed by atoms with Crippen molar-refractivity contribution in [1.29, 1.82) is 0 Å². The van der Waals surface area contributed by atoms with Crippen LogP contribution in [0.15, 0.2) is 24.3 Å². The molecule has 2 atom stereocenters. The number of nitrogen functional groups attached to an aromatic ring is 1. The second-order valence-corrected chi connectivity index (χ2v) is 7.02. The minimum absolute atomic E-state index is 0.182. The molecule has 1 aliphatic rings. The molecule has 0 aromatic heterocycles. The molecule has 2 rings (SSSR count). The summed E-state index contributed by atoms with van der Waals surface area (Å²) in [5.41, 5.74) is 6.91. The van der Waals surface area contributed by atoms with Gasteiger partial charge in [0, 0.05) is 27.4 Å². The lowest BCUT2D eigenvalue weighted by Gasteiger charge is -2.16. The Bertz CT molecular complexity index is 484. The first-order chi connectivity index (χ1) is 9.08. The lowest BCUT2D eigenvalue weighted by molar-refractivity contribution is -0.115. The van der Waals surface area contributed by atoms with Gasteiger partial charge in [-0.15, -0.1) is 0 Å². The Balaban J connectivity index is 1.97. The maximum absolute atomic E-state index is 12.3. The molecule has 5 heteroatoms. The first kappa shape index (κ1) is 14.1. The van der Waals surface area contributed by atoms with Gasteiger partial charge in [0.1, 0.15) is 5.25 Å². The maximum atomic E-state index is 12.3. The molecule has 1 aromatic carbocycles. The van der Waals surface area contributed by atoms with Gasteiger partial charge in [0.15, 0.2) is 0 Å². The highest BCUT2D eigenvalue weighted by atomic mass is 32.2. The van der Waals surface area contributed by atoms with Crippen LogP contribution in [0.4, 0.5) is 11.4 Å². The minimum atomic E-state index is -1.09. The number of nitrogens with two attached hydrogens (primary N) is 1. The van der Waals surface area contributed by atoms with Crippen molar-refractivity contribution in [2.75, 3.05) is 11.1 Å². The summed E-state index contributed by atoms with van der Waals surface area (Å²) >= 11 is 0. The van der Waals surface area contributed by atoms with E-state index in [1.165, 1.54) is 0 Å². The van der Waals surface area contributed by atoms with Crippen molar-refractivity contribution < 1.29 is 9.00 Å². The molecule has 4 nitrogen and oxygen atoms in total. The summed E-state index contributed by atoms with van der Waals surface area (Å²) in [7, 11) is -1.09. The number of anilines is 2. The van der Waals surface area contributed by atoms with Gasteiger partial charge in [0.2, 0.25) is 5.91 Å². The average Bonchev–Trinajstić information content (AvgIpc) is 2.90. The maximum Gasteiger partial charge on any atom is 0.239 e. The first-order valence-electron chi connectivity index (χ1n) is 6.63. The zero-order valence-electron chi connectivity index (χ0n) is 11.1. The highest BCUT2D eigenvalue weighted by molar-refractivity contribution is 7.87. The fraction of sp³-hybridized carbons (Fsp3) is 0.500. The van der Waals surface area contributed by atoms with Crippen LogP contribution in [0, 0.1) is 0 Å². The van der Waals surface area contributed by atoms with Gasteiger partial charge >= 0.3 is 0 Å². The SMILES string of the molecule is CC(C(=O)Nc1cccc(N)c1)S(=O)C1CCCC1. The van der Waals surface area contributed by atoms with Gasteiger partial charge in [-0.2, -0.15) is 0 Å². The van der Waals surface area contributed by atoms with Crippen LogP contribution in [0.2, 0.25) is 0 Å². The van der Waals surface area contributed by atoms with Gasteiger partial charge in [0.05, 0.1) is 0 Å². The number of amides is 1. The summed E-state index contributed by atoms with van der Waals surface area (Å²) in [4.78, 5) is 12.1. The van der Waals surface area contributed by atoms with Crippen LogP contribution in [0.3, 0.4) is 0 Å². The van der Waals surface area contributed by atoms with Crippen molar-refractivity contribution in [3.8, 4) is 0 Å². The quantitative estimate of drug-likeness (QED) is 0.831. The van der Waals surface area contributed by atoms with E-state index in [4.69, 9.17) is 5.73 Å². The molecule has 3 N–H and O–H groups in total. The van der Waals surface area contributed by atoms with Crippen LogP contribution in [0.25, 0.3) is 0 Å². The second-order valence-electron chi connectivity index (χ2n) is 4.99. The van der Waals surface area contributed by atoms with Gasteiger partial charge in [-0.3, -0.25) is 9.00 Å². The van der Waals surface area contributed by atoms with E-state index in [1.807, 2.05) is 0 Å². The fourth-order valence-electron chi connectivity index (χ4n) is 2.38. The Labute approximate surface area is 116 Å². The van der Waals surface area contributed by atoms with Crippen LogP contribution < -0.4 is 11.1 Å². The average molecular weight is 280 g/mol. The normalized spacial score (nSPS) is 19.0. The molecule has 1 fully saturated rings. The number of carbonyl (C=O) groups is 1. The molecular weight excluding hydrogens is 260 g/mol. The molecule has 1 aliphatic carbocycles. The van der Waals surface area contributed by atoms with Crippen LogP contribution in [-0.4, -0.2) is 20.6 Å². The molecule has 0 heterocycles. The molecule has 1 saturated carbocycles. The standard InChI is InChI=1S/C14H20N2O2S/c1-10(19(18)13-7-2-3-8-13)14(17)16-12-6-4-5-11(15)9-12/h4-6,9-10,13H,2-3,7-8,15H2,1H3,(H,16,17). The third-order valence-corrected chi connectivity index (χ3v) is 5.54. The molecule has 1 aromatic rings. The molecule has 0 saturated heterocycles. The number of rotatable bonds is 4. The molecular formula is C14H20N2O2S. The van der Waals surface area contributed by atoms with Gasteiger partial charge in [-0.1, -0.05) is 18.9 Å². The molecule has 104 valence electrons. The Hall–Kier alpha value is -1.36. The van der Waals surface area contributed by atoms with Crippen molar-refractivity contribution in [1.82, 2.24) is 0 Å². The number of hydrogen-bond donors (Lipinski definition) is 2. The largest absolute Gasteiger partial charge is 0.399 e. The number of nitrogens with one attached hydrogen (secondary N) is 1. The third kappa shape index (κ3) is 3.56. The predicted molar refractivity (Wildman–Crippen MR) is 79.3 cm³/mol. The van der Waals surface area contributed by atoms with Crippen LogP contribution in [0.1, 0.15) is 32.6 Å². The summed E-state index contributed by atoms with van der Waals surface area (Å²) in [6.07, 6.45) is 4.20. The molecule has 0 bridgehead atoms. The van der Waals surface area contributed by atoms with Gasteiger partial charge in [-0.05, 0) is 38.0 Å². The van der Waals surface area contributed by atoms with E-state index in [-0.39, 0.29) is 11.2 Å².